The maximum Gasteiger partial charge on any atom is 0.149 e. The molecule has 0 unspecified atom stereocenters. The van der Waals surface area contributed by atoms with Gasteiger partial charge in [-0.3, -0.25) is 9.55 Å². The Kier molecular flexibility index (Phi) is 13.3. The molecule has 0 atom stereocenters. The Morgan fingerprint density at radius 2 is 0.825 bits per heavy atom. The minimum absolute atomic E-state index is 0.105. The van der Waals surface area contributed by atoms with Crippen molar-refractivity contribution in [3.63, 3.8) is 0 Å². The maximum absolute atomic E-state index is 12.8. The van der Waals surface area contributed by atoms with Gasteiger partial charge in [0.05, 0.1) is 28.0 Å². The lowest BCUT2D eigenvalue weighted by atomic mass is 9.71. The number of fused-ring (bicyclic) bond motifs is 1. The van der Waals surface area contributed by atoms with Crippen LogP contribution in [0.3, 0.4) is 0 Å². The third-order valence-electron chi connectivity index (χ3n) is 16.1. The van der Waals surface area contributed by atoms with Crippen molar-refractivity contribution >= 4 is 11.0 Å². The molecule has 0 radical (unpaired) electrons. The first-order valence-electron chi connectivity index (χ1n) is 27.8. The van der Waals surface area contributed by atoms with Crippen LogP contribution >= 0.6 is 0 Å². The molecule has 0 amide bonds. The molecule has 0 bridgehead atoms. The van der Waals surface area contributed by atoms with Crippen molar-refractivity contribution in [3.05, 3.63) is 289 Å². The first-order chi connectivity index (χ1) is 38.7. The van der Waals surface area contributed by atoms with E-state index in [0.717, 1.165) is 89.2 Å². The molecule has 12 aromatic rings. The van der Waals surface area contributed by atoms with Crippen molar-refractivity contribution in [2.75, 3.05) is 0 Å². The average Bonchev–Trinajstić information content (AvgIpc) is 3.89. The highest BCUT2D eigenvalue weighted by atomic mass is 16.3. The van der Waals surface area contributed by atoms with Gasteiger partial charge < -0.3 is 5.11 Å². The number of pyridine rings is 1. The average molecular weight is 1040 g/mol. The number of phenols is 1. The predicted molar refractivity (Wildman–Crippen MR) is 334 cm³/mol. The highest BCUT2D eigenvalue weighted by Crippen LogP contribution is 2.47. The van der Waals surface area contributed by atoms with Crippen LogP contribution < -0.4 is 0 Å². The summed E-state index contributed by atoms with van der Waals surface area (Å²) in [4.78, 5) is 10.9. The monoisotopic (exact) mass is 1040 g/mol. The number of nitrogens with zero attached hydrogens (tertiary/aromatic N) is 3. The number of hydrogen-bond acceptors (Lipinski definition) is 3. The van der Waals surface area contributed by atoms with E-state index in [1.54, 1.807) is 0 Å². The largest absolute Gasteiger partial charge is 0.507 e. The fraction of sp³-hybridized carbons (Fsp3) is 0.132. The third kappa shape index (κ3) is 9.73. The Hall–Kier alpha value is -9.38. The van der Waals surface area contributed by atoms with E-state index in [0.29, 0.717) is 11.4 Å². The lowest BCUT2D eigenvalue weighted by Gasteiger charge is -2.32. The molecule has 10 aromatic carbocycles. The van der Waals surface area contributed by atoms with Crippen LogP contribution in [0.5, 0.6) is 5.75 Å². The van der Waals surface area contributed by atoms with Crippen molar-refractivity contribution in [1.29, 1.82) is 0 Å². The summed E-state index contributed by atoms with van der Waals surface area (Å²) >= 11 is 0. The Morgan fingerprint density at radius 1 is 0.338 bits per heavy atom. The summed E-state index contributed by atoms with van der Waals surface area (Å²) in [5, 5.41) is 12.8. The normalized spacial score (nSPS) is 12.0. The molecule has 4 nitrogen and oxygen atoms in total. The van der Waals surface area contributed by atoms with Gasteiger partial charge in [-0.1, -0.05) is 236 Å². The number of aromatic hydroxyl groups is 1. The number of imidazole rings is 1. The standard InChI is InChI=1S/C76H65N3O/c1-74(2,3)62-40-41-69(65(48-62)53-26-15-9-16-27-53)79-70-35-23-34-64(71(70)78-73(79)67-50-63(75(4,5)6)49-66(72(67)80)54-28-17-10-18-29-54)57-44-56(51-24-13-8-14-25-51)45-58(46-57)68-47-55(42-43-77-68)52-36-38-61(39-37-52)76(7,59-30-19-11-20-31-59)60-32-21-12-22-33-60/h8-50,80H,1-7H3. The van der Waals surface area contributed by atoms with Crippen molar-refractivity contribution in [3.8, 4) is 89.7 Å². The quantitative estimate of drug-likeness (QED) is 0.131. The zero-order chi connectivity index (χ0) is 55.2. The number of aromatic nitrogens is 3. The number of hydrogen-bond donors (Lipinski definition) is 1. The van der Waals surface area contributed by atoms with Gasteiger partial charge in [0.15, 0.2) is 0 Å². The molecule has 0 saturated heterocycles. The summed E-state index contributed by atoms with van der Waals surface area (Å²) < 4.78 is 2.28. The van der Waals surface area contributed by atoms with Crippen LogP contribution in [0.1, 0.15) is 76.3 Å². The number of benzene rings is 10. The molecular formula is C76H65N3O. The SMILES string of the molecule is CC(C)(C)c1ccc(-n2c(-c3cc(C(C)(C)C)cc(-c4ccccc4)c3O)nc3c(-c4cc(-c5ccccc5)cc(-c5cc(-c6ccc(C(C)(c7ccccc7)c7ccccc7)cc6)ccn5)c4)cccc32)c(-c2ccccc2)c1. The van der Waals surface area contributed by atoms with E-state index >= 15 is 0 Å². The van der Waals surface area contributed by atoms with Crippen LogP contribution in [-0.2, 0) is 16.2 Å². The molecular weight excluding hydrogens is 971 g/mol. The molecule has 4 heteroatoms. The van der Waals surface area contributed by atoms with Gasteiger partial charge in [-0.15, -0.1) is 0 Å². The van der Waals surface area contributed by atoms with Crippen molar-refractivity contribution in [1.82, 2.24) is 14.5 Å². The van der Waals surface area contributed by atoms with Gasteiger partial charge in [0.1, 0.15) is 11.6 Å². The van der Waals surface area contributed by atoms with E-state index in [9.17, 15) is 5.11 Å². The Labute approximate surface area is 471 Å². The van der Waals surface area contributed by atoms with E-state index in [4.69, 9.17) is 9.97 Å². The molecule has 0 aliphatic carbocycles. The first-order valence-corrected chi connectivity index (χ1v) is 27.8. The second-order valence-electron chi connectivity index (χ2n) is 23.4. The van der Waals surface area contributed by atoms with E-state index in [-0.39, 0.29) is 22.0 Å². The smallest absolute Gasteiger partial charge is 0.149 e. The lowest BCUT2D eigenvalue weighted by Crippen LogP contribution is -2.25. The molecule has 1 N–H and O–H groups in total. The number of rotatable bonds is 11. The minimum atomic E-state index is -0.346. The Balaban J connectivity index is 1.06. The van der Waals surface area contributed by atoms with Crippen LogP contribution in [0.4, 0.5) is 0 Å². The molecule has 2 heterocycles. The molecule has 0 aliphatic rings. The highest BCUT2D eigenvalue weighted by molar-refractivity contribution is 5.99. The zero-order valence-corrected chi connectivity index (χ0v) is 46.6. The fourth-order valence-electron chi connectivity index (χ4n) is 11.4. The summed E-state index contributed by atoms with van der Waals surface area (Å²) in [6, 6.07) is 90.8. The Morgan fingerprint density at radius 3 is 1.43 bits per heavy atom. The van der Waals surface area contributed by atoms with Crippen LogP contribution in [0.2, 0.25) is 0 Å². The minimum Gasteiger partial charge on any atom is -0.507 e. The van der Waals surface area contributed by atoms with Crippen LogP contribution in [0.25, 0.3) is 95.0 Å². The summed E-state index contributed by atoms with van der Waals surface area (Å²) in [6.45, 7) is 15.8. The summed E-state index contributed by atoms with van der Waals surface area (Å²) in [6.07, 6.45) is 1.93. The molecule has 2 aromatic heterocycles. The van der Waals surface area contributed by atoms with E-state index < -0.39 is 0 Å². The predicted octanol–water partition coefficient (Wildman–Crippen LogP) is 19.7. The number of para-hydroxylation sites is 1. The summed E-state index contributed by atoms with van der Waals surface area (Å²) in [5.74, 6) is 0.840. The topological polar surface area (TPSA) is 50.9 Å². The molecule has 390 valence electrons. The fourth-order valence-corrected chi connectivity index (χ4v) is 11.4. The Bertz CT molecular complexity index is 4130. The van der Waals surface area contributed by atoms with Gasteiger partial charge in [-0.25, -0.2) is 4.98 Å². The van der Waals surface area contributed by atoms with Crippen LogP contribution in [0.15, 0.2) is 261 Å². The van der Waals surface area contributed by atoms with Crippen LogP contribution in [-0.4, -0.2) is 19.6 Å². The molecule has 0 spiro atoms. The highest BCUT2D eigenvalue weighted by Gasteiger charge is 2.32. The molecule has 80 heavy (non-hydrogen) atoms. The zero-order valence-electron chi connectivity index (χ0n) is 46.6. The molecule has 12 rings (SSSR count). The van der Waals surface area contributed by atoms with E-state index in [1.165, 1.54) is 22.3 Å². The van der Waals surface area contributed by atoms with Crippen molar-refractivity contribution in [2.24, 2.45) is 0 Å². The first kappa shape index (κ1) is 51.4. The van der Waals surface area contributed by atoms with Gasteiger partial charge in [0.2, 0.25) is 0 Å². The van der Waals surface area contributed by atoms with Gasteiger partial charge in [0, 0.05) is 33.9 Å². The second-order valence-corrected chi connectivity index (χ2v) is 23.4. The van der Waals surface area contributed by atoms with Gasteiger partial charge in [0.25, 0.3) is 0 Å². The lowest BCUT2D eigenvalue weighted by molar-refractivity contribution is 0.477. The second kappa shape index (κ2) is 20.8. The van der Waals surface area contributed by atoms with Crippen molar-refractivity contribution in [2.45, 2.75) is 64.7 Å². The van der Waals surface area contributed by atoms with E-state index in [1.807, 2.05) is 24.4 Å². The third-order valence-corrected chi connectivity index (χ3v) is 16.1. The van der Waals surface area contributed by atoms with E-state index in [2.05, 4.69) is 290 Å². The van der Waals surface area contributed by atoms with Gasteiger partial charge >= 0.3 is 0 Å². The molecule has 0 saturated carbocycles. The van der Waals surface area contributed by atoms with Gasteiger partial charge in [-0.05, 0) is 145 Å². The summed E-state index contributed by atoms with van der Waals surface area (Å²) in [7, 11) is 0. The molecule has 0 fully saturated rings. The number of phenolic OH excluding ortho intramolecular Hbond substituents is 1. The van der Waals surface area contributed by atoms with Crippen LogP contribution in [0, 0.1) is 0 Å². The molecule has 0 aliphatic heterocycles. The van der Waals surface area contributed by atoms with Gasteiger partial charge in [-0.2, -0.15) is 0 Å². The van der Waals surface area contributed by atoms with Crippen molar-refractivity contribution < 1.29 is 5.11 Å². The maximum atomic E-state index is 12.8. The summed E-state index contributed by atoms with van der Waals surface area (Å²) in [5.41, 5.74) is 20.8.